The Balaban J connectivity index is 1.66. The van der Waals surface area contributed by atoms with Gasteiger partial charge >= 0.3 is 30.2 Å². The number of nitriles is 1. The van der Waals surface area contributed by atoms with E-state index >= 15 is 0 Å². The van der Waals surface area contributed by atoms with Crippen LogP contribution in [0, 0.1) is 11.3 Å². The molecule has 3 aliphatic rings. The molecule has 3 saturated heterocycles. The summed E-state index contributed by atoms with van der Waals surface area (Å²) in [4.78, 5) is 38.8. The minimum Gasteiger partial charge on any atom is -0.330 e. The minimum absolute atomic E-state index is 0.0416. The standard InChI is InChI=1S/C19H10F10N4O3/c20-16(21,18(25,26)19(27,28)29)14(35)31-6-9-4-11(31)12-13(34)33(15(36)32(9)12)8-2-1-7(5-30)10(3-8)17(22,23)24/h1-3,9,11-12H,4,6H2/t9-,11?,12?/m1/s1. The number of hydrogen-bond donors (Lipinski definition) is 0. The molecule has 0 saturated carbocycles. The maximum absolute atomic E-state index is 14.0. The fraction of sp³-hybridized carbons (Fsp3) is 0.474. The lowest BCUT2D eigenvalue weighted by atomic mass is 10.0. The molecule has 2 bridgehead atoms. The Morgan fingerprint density at radius 2 is 1.61 bits per heavy atom. The number of likely N-dealkylation sites (tertiary alicyclic amines) is 1. The number of halogens is 10. The number of imide groups is 1. The summed E-state index contributed by atoms with van der Waals surface area (Å²) in [5, 5.41) is 8.88. The van der Waals surface area contributed by atoms with E-state index in [-0.39, 0.29) is 9.80 Å². The number of alkyl halides is 10. The van der Waals surface area contributed by atoms with Crippen LogP contribution >= 0.6 is 0 Å². The highest BCUT2D eigenvalue weighted by Crippen LogP contribution is 2.50. The van der Waals surface area contributed by atoms with Crippen molar-refractivity contribution in [2.75, 3.05) is 11.4 Å². The molecule has 0 radical (unpaired) electrons. The van der Waals surface area contributed by atoms with Crippen LogP contribution in [-0.2, 0) is 15.8 Å². The van der Waals surface area contributed by atoms with Gasteiger partial charge in [0.25, 0.3) is 11.8 Å². The minimum atomic E-state index is -6.78. The average Bonchev–Trinajstić information content (AvgIpc) is 3.42. The van der Waals surface area contributed by atoms with E-state index in [0.29, 0.717) is 12.1 Å². The second-order valence-corrected chi connectivity index (χ2v) is 8.21. The fourth-order valence-corrected chi connectivity index (χ4v) is 4.62. The first-order valence-electron chi connectivity index (χ1n) is 9.77. The molecule has 2 unspecified atom stereocenters. The summed E-state index contributed by atoms with van der Waals surface area (Å²) in [5.74, 6) is -17.2. The topological polar surface area (TPSA) is 84.7 Å². The van der Waals surface area contributed by atoms with Gasteiger partial charge in [-0.05, 0) is 24.6 Å². The van der Waals surface area contributed by atoms with Crippen LogP contribution in [0.1, 0.15) is 17.5 Å². The van der Waals surface area contributed by atoms with Crippen molar-refractivity contribution in [2.45, 2.75) is 48.7 Å². The molecule has 0 aliphatic carbocycles. The van der Waals surface area contributed by atoms with Crippen molar-refractivity contribution in [1.82, 2.24) is 9.80 Å². The summed E-state index contributed by atoms with van der Waals surface area (Å²) in [5.41, 5.74) is -2.99. The summed E-state index contributed by atoms with van der Waals surface area (Å²) in [6.07, 6.45) is -12.3. The molecule has 0 aromatic heterocycles. The lowest BCUT2D eigenvalue weighted by Crippen LogP contribution is -2.64. The highest BCUT2D eigenvalue weighted by Gasteiger charge is 2.78. The normalized spacial score (nSPS) is 24.5. The summed E-state index contributed by atoms with van der Waals surface area (Å²) in [6.45, 7) is -0.905. The van der Waals surface area contributed by atoms with Crippen molar-refractivity contribution in [3.63, 3.8) is 0 Å². The summed E-state index contributed by atoms with van der Waals surface area (Å²) in [7, 11) is 0. The first-order valence-corrected chi connectivity index (χ1v) is 9.77. The number of anilines is 1. The zero-order chi connectivity index (χ0) is 27.2. The highest BCUT2D eigenvalue weighted by atomic mass is 19.4. The molecule has 0 N–H and O–H groups in total. The Bertz CT molecular complexity index is 1210. The van der Waals surface area contributed by atoms with Gasteiger partial charge in [0.15, 0.2) is 0 Å². The van der Waals surface area contributed by atoms with Crippen molar-refractivity contribution < 1.29 is 58.3 Å². The van der Waals surface area contributed by atoms with E-state index in [4.69, 9.17) is 5.26 Å². The van der Waals surface area contributed by atoms with Crippen LogP contribution in [0.15, 0.2) is 18.2 Å². The molecular formula is C19H10F10N4O3. The summed E-state index contributed by atoms with van der Waals surface area (Å²) < 4.78 is 132. The Hall–Kier alpha value is -3.58. The first kappa shape index (κ1) is 25.5. The number of carbonyl (C=O) groups is 3. The monoisotopic (exact) mass is 532 g/mol. The number of amides is 4. The van der Waals surface area contributed by atoms with Crippen molar-refractivity contribution in [1.29, 1.82) is 5.26 Å². The highest BCUT2D eigenvalue weighted by molar-refractivity contribution is 6.22. The van der Waals surface area contributed by atoms with Crippen LogP contribution in [0.2, 0.25) is 0 Å². The zero-order valence-corrected chi connectivity index (χ0v) is 17.2. The van der Waals surface area contributed by atoms with Crippen molar-refractivity contribution >= 4 is 23.5 Å². The van der Waals surface area contributed by atoms with Gasteiger partial charge in [-0.2, -0.15) is 49.2 Å². The van der Waals surface area contributed by atoms with Gasteiger partial charge in [0.2, 0.25) is 0 Å². The average molecular weight is 532 g/mol. The molecule has 3 heterocycles. The number of nitrogens with zero attached hydrogens (tertiary/aromatic N) is 4. The van der Waals surface area contributed by atoms with E-state index in [9.17, 15) is 58.3 Å². The van der Waals surface area contributed by atoms with E-state index in [0.717, 1.165) is 11.0 Å². The lowest BCUT2D eigenvalue weighted by Gasteiger charge is -2.38. The summed E-state index contributed by atoms with van der Waals surface area (Å²) >= 11 is 0. The molecule has 1 aromatic carbocycles. The van der Waals surface area contributed by atoms with Gasteiger partial charge < -0.3 is 9.80 Å². The van der Waals surface area contributed by atoms with Crippen LogP contribution in [0.25, 0.3) is 0 Å². The Morgan fingerprint density at radius 3 is 2.14 bits per heavy atom. The van der Waals surface area contributed by atoms with Crippen LogP contribution in [0.3, 0.4) is 0 Å². The number of piperazine rings is 1. The summed E-state index contributed by atoms with van der Waals surface area (Å²) in [6, 6.07) is -2.88. The van der Waals surface area contributed by atoms with Gasteiger partial charge in [0.05, 0.1) is 35.0 Å². The van der Waals surface area contributed by atoms with Crippen LogP contribution in [-0.4, -0.2) is 70.3 Å². The maximum Gasteiger partial charge on any atom is 0.460 e. The van der Waals surface area contributed by atoms with Crippen molar-refractivity contribution in [3.05, 3.63) is 29.3 Å². The first-order chi connectivity index (χ1) is 16.4. The molecule has 3 aliphatic heterocycles. The Kier molecular flexibility index (Phi) is 5.29. The predicted molar refractivity (Wildman–Crippen MR) is 94.5 cm³/mol. The molecule has 1 aromatic rings. The largest absolute Gasteiger partial charge is 0.460 e. The number of benzene rings is 1. The SMILES string of the molecule is N#Cc1ccc(N2C(=O)C3C4C[C@H](CN4C(=O)C(F)(F)C(F)(F)C(F)(F)F)N3C2=O)cc1C(F)(F)F. The molecule has 3 fully saturated rings. The van der Waals surface area contributed by atoms with Gasteiger partial charge in [-0.3, -0.25) is 9.59 Å². The van der Waals surface area contributed by atoms with Crippen LogP contribution in [0.4, 0.5) is 54.4 Å². The molecule has 4 rings (SSSR count). The molecule has 7 nitrogen and oxygen atoms in total. The Labute approximate surface area is 193 Å². The molecule has 194 valence electrons. The van der Waals surface area contributed by atoms with Crippen molar-refractivity contribution in [2.24, 2.45) is 0 Å². The molecule has 36 heavy (non-hydrogen) atoms. The van der Waals surface area contributed by atoms with Crippen molar-refractivity contribution in [3.8, 4) is 6.07 Å². The van der Waals surface area contributed by atoms with E-state index < -0.39 is 89.9 Å². The molecule has 0 spiro atoms. The zero-order valence-electron chi connectivity index (χ0n) is 17.2. The van der Waals surface area contributed by atoms with Crippen LogP contribution in [0.5, 0.6) is 0 Å². The van der Waals surface area contributed by atoms with Gasteiger partial charge in [0, 0.05) is 6.54 Å². The smallest absolute Gasteiger partial charge is 0.330 e. The number of rotatable bonds is 3. The van der Waals surface area contributed by atoms with Crippen LogP contribution < -0.4 is 4.90 Å². The third-order valence-electron chi connectivity index (χ3n) is 6.23. The van der Waals surface area contributed by atoms with E-state index in [1.54, 1.807) is 0 Å². The van der Waals surface area contributed by atoms with Gasteiger partial charge in [-0.25, -0.2) is 9.69 Å². The second-order valence-electron chi connectivity index (χ2n) is 8.21. The number of urea groups is 1. The van der Waals surface area contributed by atoms with E-state index in [1.165, 1.54) is 6.07 Å². The van der Waals surface area contributed by atoms with Gasteiger partial charge in [-0.1, -0.05) is 0 Å². The fourth-order valence-electron chi connectivity index (χ4n) is 4.62. The lowest BCUT2D eigenvalue weighted by molar-refractivity contribution is -0.346. The molecular weight excluding hydrogens is 522 g/mol. The molecule has 4 amide bonds. The third-order valence-corrected chi connectivity index (χ3v) is 6.23. The van der Waals surface area contributed by atoms with Gasteiger partial charge in [0.1, 0.15) is 6.04 Å². The third kappa shape index (κ3) is 3.29. The Morgan fingerprint density at radius 1 is 1.00 bits per heavy atom. The second kappa shape index (κ2) is 7.46. The molecule has 3 atom stereocenters. The number of hydrogen-bond acceptors (Lipinski definition) is 4. The molecule has 17 heteroatoms. The maximum atomic E-state index is 14.0. The predicted octanol–water partition coefficient (Wildman–Crippen LogP) is 3.53. The quantitative estimate of drug-likeness (QED) is 0.441. The number of carbonyl (C=O) groups excluding carboxylic acids is 3. The van der Waals surface area contributed by atoms with Gasteiger partial charge in [-0.15, -0.1) is 0 Å². The van der Waals surface area contributed by atoms with E-state index in [2.05, 4.69) is 0 Å². The van der Waals surface area contributed by atoms with E-state index in [1.807, 2.05) is 0 Å². The number of fused-ring (bicyclic) bond motifs is 5.